The summed E-state index contributed by atoms with van der Waals surface area (Å²) in [6.07, 6.45) is 2.61. The maximum absolute atomic E-state index is 11.1. The van der Waals surface area contributed by atoms with Crippen molar-refractivity contribution in [3.05, 3.63) is 90.1 Å². The first kappa shape index (κ1) is 16.0. The molecule has 0 saturated heterocycles. The fraction of sp³-hybridized carbons (Fsp3) is 0. The largest absolute Gasteiger partial charge is 0.360 e. The number of carbonyl (C=O) groups is 1. The van der Waals surface area contributed by atoms with Gasteiger partial charge in [-0.15, -0.1) is 0 Å². The minimum atomic E-state index is 0.677. The van der Waals surface area contributed by atoms with Crippen LogP contribution >= 0.6 is 11.8 Å². The Bertz CT molecular complexity index is 1220. The van der Waals surface area contributed by atoms with Crippen molar-refractivity contribution in [2.45, 2.75) is 9.79 Å². The van der Waals surface area contributed by atoms with Crippen LogP contribution in [-0.2, 0) is 0 Å². The Morgan fingerprint density at radius 3 is 2.59 bits per heavy atom. The van der Waals surface area contributed by atoms with E-state index in [1.165, 1.54) is 9.79 Å². The third-order valence-electron chi connectivity index (χ3n) is 4.89. The zero-order valence-corrected chi connectivity index (χ0v) is 15.3. The van der Waals surface area contributed by atoms with Gasteiger partial charge in [0.25, 0.3) is 0 Å². The van der Waals surface area contributed by atoms with Crippen molar-refractivity contribution >= 4 is 45.9 Å². The highest BCUT2D eigenvalue weighted by Crippen LogP contribution is 2.44. The van der Waals surface area contributed by atoms with E-state index >= 15 is 0 Å². The Kier molecular flexibility index (Phi) is 3.66. The first-order valence-corrected chi connectivity index (χ1v) is 9.48. The zero-order chi connectivity index (χ0) is 18.4. The highest BCUT2D eigenvalue weighted by molar-refractivity contribution is 7.99. The number of anilines is 2. The van der Waals surface area contributed by atoms with Crippen LogP contribution in [0.1, 0.15) is 21.5 Å². The van der Waals surface area contributed by atoms with Crippen LogP contribution in [0.2, 0.25) is 0 Å². The van der Waals surface area contributed by atoms with Crippen LogP contribution in [-0.4, -0.2) is 11.3 Å². The van der Waals surface area contributed by atoms with Crippen LogP contribution in [0.3, 0.4) is 0 Å². The predicted octanol–water partition coefficient (Wildman–Crippen LogP) is 6.25. The van der Waals surface area contributed by atoms with E-state index in [-0.39, 0.29) is 0 Å². The van der Waals surface area contributed by atoms with Gasteiger partial charge in [-0.2, -0.15) is 0 Å². The van der Waals surface area contributed by atoms with Gasteiger partial charge < -0.3 is 10.3 Å². The number of hydrogen-bond donors (Lipinski definition) is 2. The molecule has 0 fully saturated rings. The summed E-state index contributed by atoms with van der Waals surface area (Å²) in [5, 5.41) is 4.45. The number of fused-ring (bicyclic) bond motifs is 3. The summed E-state index contributed by atoms with van der Waals surface area (Å²) < 4.78 is 0. The molecule has 2 heterocycles. The first-order chi connectivity index (χ1) is 13.2. The van der Waals surface area contributed by atoms with E-state index in [0.717, 1.165) is 45.3 Å². The van der Waals surface area contributed by atoms with E-state index in [9.17, 15) is 4.79 Å². The van der Waals surface area contributed by atoms with Crippen molar-refractivity contribution in [3.8, 4) is 0 Å². The average Bonchev–Trinajstić information content (AvgIpc) is 3.13. The number of benzene rings is 3. The maximum atomic E-state index is 11.1. The number of para-hydroxylation sites is 1. The van der Waals surface area contributed by atoms with Crippen LogP contribution in [0.25, 0.3) is 16.5 Å². The van der Waals surface area contributed by atoms with Crippen molar-refractivity contribution in [1.29, 1.82) is 0 Å². The summed E-state index contributed by atoms with van der Waals surface area (Å²) in [5.74, 6) is 0. The van der Waals surface area contributed by atoms with Crippen LogP contribution in [0.15, 0.2) is 83.2 Å². The molecule has 0 saturated carbocycles. The molecule has 0 bridgehead atoms. The fourth-order valence-electron chi connectivity index (χ4n) is 3.43. The molecule has 1 aliphatic heterocycles. The number of aromatic amines is 1. The number of carbonyl (C=O) groups excluding carboxylic acids is 1. The number of aldehydes is 1. The monoisotopic (exact) mass is 368 g/mol. The summed E-state index contributed by atoms with van der Waals surface area (Å²) in [4.78, 5) is 16.7. The van der Waals surface area contributed by atoms with Gasteiger partial charge in [0, 0.05) is 32.5 Å². The van der Waals surface area contributed by atoms with Gasteiger partial charge in [-0.1, -0.05) is 48.7 Å². The number of hydrogen-bond acceptors (Lipinski definition) is 3. The van der Waals surface area contributed by atoms with E-state index in [4.69, 9.17) is 0 Å². The molecule has 2 N–H and O–H groups in total. The second kappa shape index (κ2) is 6.18. The molecule has 3 aromatic carbocycles. The topological polar surface area (TPSA) is 44.9 Å². The second-order valence-corrected chi connectivity index (χ2v) is 7.62. The van der Waals surface area contributed by atoms with Gasteiger partial charge in [-0.3, -0.25) is 4.79 Å². The van der Waals surface area contributed by atoms with Gasteiger partial charge in [0.05, 0.1) is 11.4 Å². The molecule has 0 unspecified atom stereocenters. The number of rotatable bonds is 3. The smallest absolute Gasteiger partial charge is 0.152 e. The standard InChI is InChI=1S/C23H16N2OS/c1-14(15-6-8-18-17(13-26)12-24-20(18)10-15)16-7-9-23-21(11-16)25-19-4-2-3-5-22(19)27-23/h2-13,24-25H,1H2. The Morgan fingerprint density at radius 2 is 1.70 bits per heavy atom. The molecule has 4 heteroatoms. The normalized spacial score (nSPS) is 12.1. The number of nitrogens with one attached hydrogen (secondary N) is 2. The van der Waals surface area contributed by atoms with Crippen LogP contribution in [0, 0.1) is 0 Å². The molecule has 1 aliphatic rings. The second-order valence-electron chi connectivity index (χ2n) is 6.53. The number of aromatic nitrogens is 1. The minimum Gasteiger partial charge on any atom is -0.360 e. The molecule has 0 spiro atoms. The van der Waals surface area contributed by atoms with Gasteiger partial charge in [0.1, 0.15) is 0 Å². The third-order valence-corrected chi connectivity index (χ3v) is 6.05. The van der Waals surface area contributed by atoms with Crippen molar-refractivity contribution in [2.24, 2.45) is 0 Å². The van der Waals surface area contributed by atoms with Crippen LogP contribution < -0.4 is 5.32 Å². The molecule has 5 rings (SSSR count). The summed E-state index contributed by atoms with van der Waals surface area (Å²) in [6, 6.07) is 20.7. The van der Waals surface area contributed by atoms with Gasteiger partial charge in [0.15, 0.2) is 6.29 Å². The van der Waals surface area contributed by atoms with Gasteiger partial charge in [-0.05, 0) is 47.0 Å². The lowest BCUT2D eigenvalue weighted by Crippen LogP contribution is -2.00. The SMILES string of the molecule is C=C(c1ccc2c(c1)Nc1ccccc1S2)c1ccc2c(C=O)c[nH]c2c1. The van der Waals surface area contributed by atoms with Crippen LogP contribution in [0.4, 0.5) is 11.4 Å². The quantitative estimate of drug-likeness (QED) is 0.370. The Hall–Kier alpha value is -3.24. The van der Waals surface area contributed by atoms with Crippen LogP contribution in [0.5, 0.6) is 0 Å². The maximum Gasteiger partial charge on any atom is 0.152 e. The molecule has 1 aromatic heterocycles. The molecule has 0 radical (unpaired) electrons. The summed E-state index contributed by atoms with van der Waals surface area (Å²) in [5.41, 5.74) is 6.90. The first-order valence-electron chi connectivity index (χ1n) is 8.67. The molecular formula is C23H16N2OS. The lowest BCUT2D eigenvalue weighted by molar-refractivity contribution is 0.112. The molecule has 0 atom stereocenters. The molecule has 3 nitrogen and oxygen atoms in total. The molecule has 130 valence electrons. The molecular weight excluding hydrogens is 352 g/mol. The average molecular weight is 368 g/mol. The van der Waals surface area contributed by atoms with Gasteiger partial charge >= 0.3 is 0 Å². The van der Waals surface area contributed by atoms with Crippen molar-refractivity contribution in [2.75, 3.05) is 5.32 Å². The molecule has 0 aliphatic carbocycles. The van der Waals surface area contributed by atoms with Crippen molar-refractivity contribution in [1.82, 2.24) is 4.98 Å². The van der Waals surface area contributed by atoms with E-state index in [1.54, 1.807) is 18.0 Å². The summed E-state index contributed by atoms with van der Waals surface area (Å²) >= 11 is 1.78. The minimum absolute atomic E-state index is 0.677. The molecule has 4 aromatic rings. The van der Waals surface area contributed by atoms with Crippen molar-refractivity contribution < 1.29 is 4.79 Å². The van der Waals surface area contributed by atoms with E-state index in [1.807, 2.05) is 24.3 Å². The highest BCUT2D eigenvalue weighted by atomic mass is 32.2. The molecule has 0 amide bonds. The van der Waals surface area contributed by atoms with Gasteiger partial charge in [0.2, 0.25) is 0 Å². The Balaban J connectivity index is 1.50. The molecule has 27 heavy (non-hydrogen) atoms. The predicted molar refractivity (Wildman–Crippen MR) is 112 cm³/mol. The Morgan fingerprint density at radius 1 is 0.926 bits per heavy atom. The highest BCUT2D eigenvalue weighted by Gasteiger charge is 2.16. The fourth-order valence-corrected chi connectivity index (χ4v) is 4.40. The summed E-state index contributed by atoms with van der Waals surface area (Å²) in [6.45, 7) is 4.30. The van der Waals surface area contributed by atoms with Crippen molar-refractivity contribution in [3.63, 3.8) is 0 Å². The lowest BCUT2D eigenvalue weighted by Gasteiger charge is -2.21. The lowest BCUT2D eigenvalue weighted by atomic mass is 9.98. The van der Waals surface area contributed by atoms with E-state index in [0.29, 0.717) is 5.56 Å². The zero-order valence-electron chi connectivity index (χ0n) is 14.5. The van der Waals surface area contributed by atoms with E-state index < -0.39 is 0 Å². The van der Waals surface area contributed by atoms with Gasteiger partial charge in [-0.25, -0.2) is 0 Å². The number of H-pyrrole nitrogens is 1. The Labute approximate surface area is 161 Å². The third kappa shape index (κ3) is 2.66. The summed E-state index contributed by atoms with van der Waals surface area (Å²) in [7, 11) is 0. The van der Waals surface area contributed by atoms with E-state index in [2.05, 4.69) is 53.3 Å².